The molecule has 1 aliphatic rings. The number of aromatic nitrogens is 1. The van der Waals surface area contributed by atoms with Crippen LogP contribution in [-0.2, 0) is 4.74 Å². The molecule has 1 aromatic rings. The third-order valence-corrected chi connectivity index (χ3v) is 2.28. The normalized spacial score (nSPS) is 21.7. The fraction of sp³-hybridized carbons (Fsp3) is 0.500. The van der Waals surface area contributed by atoms with Crippen LogP contribution in [0.1, 0.15) is 6.42 Å². The van der Waals surface area contributed by atoms with Crippen molar-refractivity contribution in [3.8, 4) is 0 Å². The molecule has 0 aliphatic carbocycles. The van der Waals surface area contributed by atoms with E-state index >= 15 is 0 Å². The molecule has 1 saturated heterocycles. The Hall–Kier alpha value is -1.09. The summed E-state index contributed by atoms with van der Waals surface area (Å²) in [5, 5.41) is 3.34. The second-order valence-electron chi connectivity index (χ2n) is 3.35. The van der Waals surface area contributed by atoms with E-state index in [9.17, 15) is 0 Å². The van der Waals surface area contributed by atoms with Crippen molar-refractivity contribution in [3.63, 3.8) is 0 Å². The van der Waals surface area contributed by atoms with E-state index in [-0.39, 0.29) is 0 Å². The Morgan fingerprint density at radius 3 is 3.31 bits per heavy atom. The molecule has 1 atom stereocenters. The molecule has 0 amide bonds. The lowest BCUT2D eigenvalue weighted by Gasteiger charge is -2.09. The van der Waals surface area contributed by atoms with Crippen LogP contribution in [0.25, 0.3) is 0 Å². The average molecular weight is 178 g/mol. The van der Waals surface area contributed by atoms with E-state index in [1.807, 2.05) is 18.3 Å². The van der Waals surface area contributed by atoms with Crippen molar-refractivity contribution in [1.29, 1.82) is 0 Å². The van der Waals surface area contributed by atoms with Crippen LogP contribution in [-0.4, -0.2) is 24.7 Å². The summed E-state index contributed by atoms with van der Waals surface area (Å²) in [4.78, 5) is 4.04. The fourth-order valence-electron chi connectivity index (χ4n) is 1.47. The molecular weight excluding hydrogens is 164 g/mol. The molecule has 0 saturated carbocycles. The summed E-state index contributed by atoms with van der Waals surface area (Å²) in [6, 6.07) is 3.97. The molecule has 0 bridgehead atoms. The van der Waals surface area contributed by atoms with E-state index in [0.29, 0.717) is 5.92 Å². The van der Waals surface area contributed by atoms with Crippen molar-refractivity contribution < 1.29 is 4.74 Å². The maximum Gasteiger partial charge on any atom is 0.0526 e. The Bertz CT molecular complexity index is 244. The number of nitrogens with zero attached hydrogens (tertiary/aromatic N) is 1. The van der Waals surface area contributed by atoms with Gasteiger partial charge in [-0.05, 0) is 18.6 Å². The van der Waals surface area contributed by atoms with E-state index in [1.54, 1.807) is 6.20 Å². The molecule has 0 aromatic carbocycles. The highest BCUT2D eigenvalue weighted by molar-refractivity contribution is 5.39. The van der Waals surface area contributed by atoms with Gasteiger partial charge in [0.2, 0.25) is 0 Å². The number of anilines is 1. The average Bonchev–Trinajstić information content (AvgIpc) is 2.69. The third-order valence-electron chi connectivity index (χ3n) is 2.28. The molecule has 1 N–H and O–H groups in total. The summed E-state index contributed by atoms with van der Waals surface area (Å²) in [6.45, 7) is 2.80. The molecule has 2 rings (SSSR count). The first kappa shape index (κ1) is 8.51. The minimum absolute atomic E-state index is 0.667. The van der Waals surface area contributed by atoms with Crippen LogP contribution in [0.15, 0.2) is 24.5 Å². The summed E-state index contributed by atoms with van der Waals surface area (Å²) in [5.41, 5.74) is 1.09. The Labute approximate surface area is 78.1 Å². The Kier molecular flexibility index (Phi) is 2.77. The number of hydrogen-bond acceptors (Lipinski definition) is 3. The predicted octanol–water partition coefficient (Wildman–Crippen LogP) is 1.53. The van der Waals surface area contributed by atoms with Gasteiger partial charge in [0.1, 0.15) is 0 Å². The highest BCUT2D eigenvalue weighted by atomic mass is 16.5. The molecule has 1 aliphatic heterocycles. The SMILES string of the molecule is c1cncc(NCC2CCOC2)c1. The largest absolute Gasteiger partial charge is 0.383 e. The molecular formula is C10H14N2O. The zero-order chi connectivity index (χ0) is 8.93. The lowest BCUT2D eigenvalue weighted by molar-refractivity contribution is 0.187. The molecule has 1 unspecified atom stereocenters. The Morgan fingerprint density at radius 2 is 2.62 bits per heavy atom. The van der Waals surface area contributed by atoms with Gasteiger partial charge in [-0.15, -0.1) is 0 Å². The topological polar surface area (TPSA) is 34.2 Å². The van der Waals surface area contributed by atoms with Crippen molar-refractivity contribution in [2.24, 2.45) is 5.92 Å². The van der Waals surface area contributed by atoms with Gasteiger partial charge in [-0.25, -0.2) is 0 Å². The highest BCUT2D eigenvalue weighted by Crippen LogP contribution is 2.13. The van der Waals surface area contributed by atoms with Crippen LogP contribution in [0.5, 0.6) is 0 Å². The van der Waals surface area contributed by atoms with Gasteiger partial charge in [0.05, 0.1) is 12.3 Å². The molecule has 70 valence electrons. The number of ether oxygens (including phenoxy) is 1. The summed E-state index contributed by atoms with van der Waals surface area (Å²) >= 11 is 0. The number of rotatable bonds is 3. The van der Waals surface area contributed by atoms with Gasteiger partial charge in [0, 0.05) is 31.5 Å². The third kappa shape index (κ3) is 2.42. The first-order chi connectivity index (χ1) is 6.45. The number of hydrogen-bond donors (Lipinski definition) is 1. The van der Waals surface area contributed by atoms with Crippen molar-refractivity contribution in [1.82, 2.24) is 4.98 Å². The molecule has 2 heterocycles. The lowest BCUT2D eigenvalue weighted by Crippen LogP contribution is -2.13. The van der Waals surface area contributed by atoms with Gasteiger partial charge in [-0.3, -0.25) is 4.98 Å². The Morgan fingerprint density at radius 1 is 1.62 bits per heavy atom. The van der Waals surface area contributed by atoms with E-state index in [1.165, 1.54) is 6.42 Å². The summed E-state index contributed by atoms with van der Waals surface area (Å²) in [5.74, 6) is 0.667. The monoisotopic (exact) mass is 178 g/mol. The van der Waals surface area contributed by atoms with Gasteiger partial charge < -0.3 is 10.1 Å². The van der Waals surface area contributed by atoms with Crippen molar-refractivity contribution in [2.75, 3.05) is 25.1 Å². The van der Waals surface area contributed by atoms with E-state index in [4.69, 9.17) is 4.74 Å². The summed E-state index contributed by atoms with van der Waals surface area (Å²) < 4.78 is 5.29. The molecule has 1 fully saturated rings. The van der Waals surface area contributed by atoms with Gasteiger partial charge in [0.15, 0.2) is 0 Å². The minimum atomic E-state index is 0.667. The first-order valence-electron chi connectivity index (χ1n) is 4.67. The van der Waals surface area contributed by atoms with E-state index in [0.717, 1.165) is 25.4 Å². The molecule has 0 spiro atoms. The Balaban J connectivity index is 1.79. The quantitative estimate of drug-likeness (QED) is 0.762. The zero-order valence-electron chi connectivity index (χ0n) is 7.57. The van der Waals surface area contributed by atoms with Crippen molar-refractivity contribution in [3.05, 3.63) is 24.5 Å². The van der Waals surface area contributed by atoms with Gasteiger partial charge in [0.25, 0.3) is 0 Å². The van der Waals surface area contributed by atoms with Crippen molar-refractivity contribution in [2.45, 2.75) is 6.42 Å². The maximum absolute atomic E-state index is 5.29. The van der Waals surface area contributed by atoms with Crippen molar-refractivity contribution >= 4 is 5.69 Å². The second-order valence-corrected chi connectivity index (χ2v) is 3.35. The minimum Gasteiger partial charge on any atom is -0.383 e. The first-order valence-corrected chi connectivity index (χ1v) is 4.67. The molecule has 3 nitrogen and oxygen atoms in total. The van der Waals surface area contributed by atoms with Crippen LogP contribution < -0.4 is 5.32 Å². The van der Waals surface area contributed by atoms with Gasteiger partial charge >= 0.3 is 0 Å². The summed E-state index contributed by atoms with van der Waals surface area (Å²) in [6.07, 6.45) is 4.80. The molecule has 13 heavy (non-hydrogen) atoms. The zero-order valence-corrected chi connectivity index (χ0v) is 7.57. The number of nitrogens with one attached hydrogen (secondary N) is 1. The molecule has 3 heteroatoms. The van der Waals surface area contributed by atoms with Crippen LogP contribution in [0.4, 0.5) is 5.69 Å². The number of pyridine rings is 1. The standard InChI is InChI=1S/C10H14N2O/c1-2-10(7-11-4-1)12-6-9-3-5-13-8-9/h1-2,4,7,9,12H,3,5-6,8H2. The van der Waals surface area contributed by atoms with Crippen LogP contribution in [0, 0.1) is 5.92 Å². The smallest absolute Gasteiger partial charge is 0.0526 e. The van der Waals surface area contributed by atoms with Gasteiger partial charge in [-0.2, -0.15) is 0 Å². The van der Waals surface area contributed by atoms with Crippen LogP contribution in [0.3, 0.4) is 0 Å². The van der Waals surface area contributed by atoms with Crippen LogP contribution in [0.2, 0.25) is 0 Å². The highest BCUT2D eigenvalue weighted by Gasteiger charge is 2.14. The lowest BCUT2D eigenvalue weighted by atomic mass is 10.1. The van der Waals surface area contributed by atoms with Gasteiger partial charge in [-0.1, -0.05) is 0 Å². The fourth-order valence-corrected chi connectivity index (χ4v) is 1.47. The predicted molar refractivity (Wildman–Crippen MR) is 51.7 cm³/mol. The molecule has 1 aromatic heterocycles. The van der Waals surface area contributed by atoms with E-state index in [2.05, 4.69) is 10.3 Å². The summed E-state index contributed by atoms with van der Waals surface area (Å²) in [7, 11) is 0. The van der Waals surface area contributed by atoms with Crippen LogP contribution >= 0.6 is 0 Å². The molecule has 0 radical (unpaired) electrons. The van der Waals surface area contributed by atoms with E-state index < -0.39 is 0 Å². The maximum atomic E-state index is 5.29. The second kappa shape index (κ2) is 4.23.